The molecule has 0 radical (unpaired) electrons. The van der Waals surface area contributed by atoms with E-state index < -0.39 is 0 Å². The Kier molecular flexibility index (Phi) is 3.52. The Labute approximate surface area is 85.4 Å². The topological polar surface area (TPSA) is 18.5 Å². The standard InChI is InChI=1S/C10H18O2S/c13-10-4-9(6-12-7-10)3-8-1-2-11-5-8/h8-10,13H,1-7H2. The Morgan fingerprint density at radius 1 is 1.08 bits per heavy atom. The Morgan fingerprint density at radius 2 is 1.92 bits per heavy atom. The fourth-order valence-electron chi connectivity index (χ4n) is 2.30. The molecule has 0 aromatic heterocycles. The van der Waals surface area contributed by atoms with Crippen LogP contribution in [0.1, 0.15) is 19.3 Å². The quantitative estimate of drug-likeness (QED) is 0.688. The smallest absolute Gasteiger partial charge is 0.0582 e. The molecule has 76 valence electrons. The van der Waals surface area contributed by atoms with E-state index in [0.29, 0.717) is 5.25 Å². The molecule has 0 saturated carbocycles. The van der Waals surface area contributed by atoms with Gasteiger partial charge >= 0.3 is 0 Å². The van der Waals surface area contributed by atoms with E-state index in [1.165, 1.54) is 19.3 Å². The van der Waals surface area contributed by atoms with E-state index in [4.69, 9.17) is 9.47 Å². The Balaban J connectivity index is 1.73. The lowest BCUT2D eigenvalue weighted by molar-refractivity contribution is 0.0488. The van der Waals surface area contributed by atoms with E-state index in [9.17, 15) is 0 Å². The molecule has 0 aromatic rings. The van der Waals surface area contributed by atoms with Gasteiger partial charge in [-0.3, -0.25) is 0 Å². The highest BCUT2D eigenvalue weighted by molar-refractivity contribution is 7.81. The van der Waals surface area contributed by atoms with Gasteiger partial charge in [-0.15, -0.1) is 0 Å². The molecule has 0 aliphatic carbocycles. The zero-order valence-electron chi connectivity index (χ0n) is 7.95. The number of hydrogen-bond donors (Lipinski definition) is 1. The van der Waals surface area contributed by atoms with Crippen molar-refractivity contribution in [3.8, 4) is 0 Å². The van der Waals surface area contributed by atoms with Crippen LogP contribution in [-0.2, 0) is 9.47 Å². The summed E-state index contributed by atoms with van der Waals surface area (Å²) < 4.78 is 10.9. The van der Waals surface area contributed by atoms with E-state index in [0.717, 1.165) is 38.3 Å². The lowest BCUT2D eigenvalue weighted by atomic mass is 9.90. The molecule has 2 rings (SSSR count). The number of rotatable bonds is 2. The highest BCUT2D eigenvalue weighted by atomic mass is 32.1. The van der Waals surface area contributed by atoms with E-state index in [2.05, 4.69) is 12.6 Å². The summed E-state index contributed by atoms with van der Waals surface area (Å²) in [6.07, 6.45) is 3.74. The van der Waals surface area contributed by atoms with Gasteiger partial charge in [-0.1, -0.05) is 0 Å². The van der Waals surface area contributed by atoms with Crippen LogP contribution in [0.5, 0.6) is 0 Å². The molecule has 3 atom stereocenters. The molecule has 2 heterocycles. The lowest BCUT2D eigenvalue weighted by Crippen LogP contribution is -2.27. The van der Waals surface area contributed by atoms with Crippen LogP contribution >= 0.6 is 12.6 Å². The summed E-state index contributed by atoms with van der Waals surface area (Å²) in [4.78, 5) is 0. The van der Waals surface area contributed by atoms with Crippen molar-refractivity contribution in [1.82, 2.24) is 0 Å². The van der Waals surface area contributed by atoms with Crippen molar-refractivity contribution in [2.45, 2.75) is 24.5 Å². The fraction of sp³-hybridized carbons (Fsp3) is 1.00. The highest BCUT2D eigenvalue weighted by Gasteiger charge is 2.25. The molecular formula is C10H18O2S. The molecule has 2 aliphatic heterocycles. The van der Waals surface area contributed by atoms with Crippen LogP contribution in [0, 0.1) is 11.8 Å². The molecule has 0 N–H and O–H groups in total. The molecule has 3 unspecified atom stereocenters. The van der Waals surface area contributed by atoms with Crippen molar-refractivity contribution in [1.29, 1.82) is 0 Å². The Hall–Kier alpha value is 0.270. The third-order valence-corrected chi connectivity index (χ3v) is 3.32. The van der Waals surface area contributed by atoms with E-state index >= 15 is 0 Å². The van der Waals surface area contributed by atoms with E-state index in [-0.39, 0.29) is 0 Å². The van der Waals surface area contributed by atoms with Gasteiger partial charge in [0.1, 0.15) is 0 Å². The molecule has 2 fully saturated rings. The molecule has 2 saturated heterocycles. The van der Waals surface area contributed by atoms with Gasteiger partial charge in [-0.25, -0.2) is 0 Å². The summed E-state index contributed by atoms with van der Waals surface area (Å²) >= 11 is 4.46. The van der Waals surface area contributed by atoms with Crippen molar-refractivity contribution in [2.75, 3.05) is 26.4 Å². The first-order chi connectivity index (χ1) is 6.34. The van der Waals surface area contributed by atoms with Crippen LogP contribution in [-0.4, -0.2) is 31.7 Å². The van der Waals surface area contributed by atoms with Crippen molar-refractivity contribution >= 4 is 12.6 Å². The maximum absolute atomic E-state index is 5.49. The molecule has 2 nitrogen and oxygen atoms in total. The number of hydrogen-bond acceptors (Lipinski definition) is 3. The summed E-state index contributed by atoms with van der Waals surface area (Å²) in [5.41, 5.74) is 0. The molecule has 0 amide bonds. The largest absolute Gasteiger partial charge is 0.381 e. The van der Waals surface area contributed by atoms with Gasteiger partial charge in [0, 0.05) is 25.1 Å². The number of thiol groups is 1. The van der Waals surface area contributed by atoms with Gasteiger partial charge in [0.2, 0.25) is 0 Å². The van der Waals surface area contributed by atoms with Crippen LogP contribution in [0.15, 0.2) is 0 Å². The van der Waals surface area contributed by atoms with Crippen LogP contribution in [0.2, 0.25) is 0 Å². The van der Waals surface area contributed by atoms with E-state index in [1.807, 2.05) is 0 Å². The molecule has 0 aromatic carbocycles. The highest BCUT2D eigenvalue weighted by Crippen LogP contribution is 2.27. The zero-order chi connectivity index (χ0) is 9.10. The Bertz CT molecular complexity index is 157. The first-order valence-corrected chi connectivity index (χ1v) is 5.70. The van der Waals surface area contributed by atoms with Crippen LogP contribution < -0.4 is 0 Å². The normalized spacial score (nSPS) is 40.8. The molecule has 0 bridgehead atoms. The van der Waals surface area contributed by atoms with Gasteiger partial charge in [-0.05, 0) is 31.1 Å². The summed E-state index contributed by atoms with van der Waals surface area (Å²) in [7, 11) is 0. The summed E-state index contributed by atoms with van der Waals surface area (Å²) in [6, 6.07) is 0. The van der Waals surface area contributed by atoms with Gasteiger partial charge < -0.3 is 9.47 Å². The van der Waals surface area contributed by atoms with Crippen molar-refractivity contribution in [3.05, 3.63) is 0 Å². The van der Waals surface area contributed by atoms with Gasteiger partial charge in [0.05, 0.1) is 6.61 Å². The average molecular weight is 202 g/mol. The monoisotopic (exact) mass is 202 g/mol. The van der Waals surface area contributed by atoms with Gasteiger partial charge in [-0.2, -0.15) is 12.6 Å². The summed E-state index contributed by atoms with van der Waals surface area (Å²) in [5.74, 6) is 1.51. The maximum Gasteiger partial charge on any atom is 0.0582 e. The third kappa shape index (κ3) is 2.86. The maximum atomic E-state index is 5.49. The van der Waals surface area contributed by atoms with Crippen molar-refractivity contribution in [2.24, 2.45) is 11.8 Å². The summed E-state index contributed by atoms with van der Waals surface area (Å²) in [6.45, 7) is 3.70. The minimum atomic E-state index is 0.459. The van der Waals surface area contributed by atoms with Crippen molar-refractivity contribution in [3.63, 3.8) is 0 Å². The van der Waals surface area contributed by atoms with Crippen LogP contribution in [0.25, 0.3) is 0 Å². The molecular weight excluding hydrogens is 184 g/mol. The zero-order valence-corrected chi connectivity index (χ0v) is 8.84. The minimum Gasteiger partial charge on any atom is -0.381 e. The van der Waals surface area contributed by atoms with Crippen molar-refractivity contribution < 1.29 is 9.47 Å². The second-order valence-electron chi connectivity index (χ2n) is 4.26. The Morgan fingerprint density at radius 3 is 2.62 bits per heavy atom. The molecule has 3 heteroatoms. The third-order valence-electron chi connectivity index (χ3n) is 2.96. The van der Waals surface area contributed by atoms with Crippen LogP contribution in [0.3, 0.4) is 0 Å². The second-order valence-corrected chi connectivity index (χ2v) is 4.99. The van der Waals surface area contributed by atoms with E-state index in [1.54, 1.807) is 0 Å². The molecule has 0 spiro atoms. The SMILES string of the molecule is SC1COCC(CC2CCOC2)C1. The predicted octanol–water partition coefficient (Wildman–Crippen LogP) is 1.75. The fourth-order valence-corrected chi connectivity index (χ4v) is 2.70. The van der Waals surface area contributed by atoms with Crippen LogP contribution in [0.4, 0.5) is 0 Å². The predicted molar refractivity (Wildman–Crippen MR) is 55.2 cm³/mol. The first-order valence-electron chi connectivity index (χ1n) is 5.18. The molecule has 13 heavy (non-hydrogen) atoms. The first kappa shape index (κ1) is 9.81. The molecule has 2 aliphatic rings. The lowest BCUT2D eigenvalue weighted by Gasteiger charge is -2.27. The van der Waals surface area contributed by atoms with Gasteiger partial charge in [0.15, 0.2) is 0 Å². The average Bonchev–Trinajstić information content (AvgIpc) is 2.57. The number of ether oxygens (including phenoxy) is 2. The second kappa shape index (κ2) is 4.67. The summed E-state index contributed by atoms with van der Waals surface area (Å²) in [5, 5.41) is 0.459. The minimum absolute atomic E-state index is 0.459. The van der Waals surface area contributed by atoms with Gasteiger partial charge in [0.25, 0.3) is 0 Å².